The van der Waals surface area contributed by atoms with E-state index in [1.54, 1.807) is 23.1 Å². The Balaban J connectivity index is 1.49. The average Bonchev–Trinajstić information content (AvgIpc) is 3.58. The minimum atomic E-state index is -0.726. The molecule has 35 heavy (non-hydrogen) atoms. The number of rotatable bonds is 6. The molecular formula is C24H22N6O4S. The Kier molecular flexibility index (Phi) is 5.44. The number of aliphatic hydroxyl groups is 1. The third-order valence-electron chi connectivity index (χ3n) is 5.87. The van der Waals surface area contributed by atoms with Crippen LogP contribution in [-0.2, 0) is 11.8 Å². The minimum Gasteiger partial charge on any atom is -0.484 e. The quantitative estimate of drug-likeness (QED) is 0.369. The molecule has 0 amide bonds. The zero-order chi connectivity index (χ0) is 23.9. The average molecular weight is 491 g/mol. The number of fused-ring (bicyclic) bond motifs is 2. The van der Waals surface area contributed by atoms with E-state index in [9.17, 15) is 5.11 Å². The van der Waals surface area contributed by atoms with E-state index < -0.39 is 12.2 Å². The van der Waals surface area contributed by atoms with E-state index >= 15 is 0 Å². The van der Waals surface area contributed by atoms with Gasteiger partial charge in [0.25, 0.3) is 0 Å². The van der Waals surface area contributed by atoms with Gasteiger partial charge in [-0.25, -0.2) is 15.0 Å². The van der Waals surface area contributed by atoms with Crippen molar-refractivity contribution in [3.63, 3.8) is 0 Å². The standard InChI is InChI=1S/C24H22N6O4S/c1-30-8-15(24(29-30)32-2)13-5-17-22(19(6-13)34-20-10-33-9-18(20)31)23(26-11-25-17)28-14-3-4-16-21(7-14)35-12-27-16/h3-8,11-12,18,20,31H,9-10H2,1-2H3,(H,25,26,28). The summed E-state index contributed by atoms with van der Waals surface area (Å²) < 4.78 is 20.0. The Bertz CT molecular complexity index is 1530. The molecule has 10 nitrogen and oxygen atoms in total. The number of benzene rings is 2. The molecular weight excluding hydrogens is 468 g/mol. The third-order valence-corrected chi connectivity index (χ3v) is 6.67. The summed E-state index contributed by atoms with van der Waals surface area (Å²) in [6.07, 6.45) is 2.15. The van der Waals surface area contributed by atoms with Gasteiger partial charge in [0.15, 0.2) is 0 Å². The van der Waals surface area contributed by atoms with Crippen molar-refractivity contribution in [1.82, 2.24) is 24.7 Å². The summed E-state index contributed by atoms with van der Waals surface area (Å²) in [4.78, 5) is 13.4. The first kappa shape index (κ1) is 21.7. The molecule has 4 heterocycles. The molecule has 0 bridgehead atoms. The predicted octanol–water partition coefficient (Wildman–Crippen LogP) is 3.53. The monoisotopic (exact) mass is 490 g/mol. The molecule has 1 saturated heterocycles. The molecule has 1 aliphatic rings. The predicted molar refractivity (Wildman–Crippen MR) is 132 cm³/mol. The molecule has 11 heteroatoms. The number of aromatic nitrogens is 5. The van der Waals surface area contributed by atoms with Crippen molar-refractivity contribution in [1.29, 1.82) is 0 Å². The first-order valence-corrected chi connectivity index (χ1v) is 11.9. The van der Waals surface area contributed by atoms with Gasteiger partial charge in [0.2, 0.25) is 5.88 Å². The number of hydrogen-bond donors (Lipinski definition) is 2. The van der Waals surface area contributed by atoms with Gasteiger partial charge in [-0.2, -0.15) is 0 Å². The number of nitrogens with zero attached hydrogens (tertiary/aromatic N) is 5. The molecule has 2 atom stereocenters. The molecule has 6 rings (SSSR count). The molecule has 0 spiro atoms. The zero-order valence-electron chi connectivity index (χ0n) is 19.0. The van der Waals surface area contributed by atoms with Crippen LogP contribution >= 0.6 is 11.3 Å². The van der Waals surface area contributed by atoms with Crippen molar-refractivity contribution < 1.29 is 19.3 Å². The fourth-order valence-corrected chi connectivity index (χ4v) is 4.90. The smallest absolute Gasteiger partial charge is 0.240 e. The van der Waals surface area contributed by atoms with Crippen molar-refractivity contribution in [2.24, 2.45) is 7.05 Å². The SMILES string of the molecule is COc1nn(C)cc1-c1cc(OC2COCC2O)c2c(Nc3ccc4ncsc4c3)ncnc2c1. The molecule has 1 fully saturated rings. The van der Waals surface area contributed by atoms with Gasteiger partial charge in [-0.1, -0.05) is 0 Å². The van der Waals surface area contributed by atoms with Crippen molar-refractivity contribution >= 4 is 44.0 Å². The Morgan fingerprint density at radius 2 is 2.06 bits per heavy atom. The maximum absolute atomic E-state index is 10.3. The molecule has 0 radical (unpaired) electrons. The molecule has 2 N–H and O–H groups in total. The maximum Gasteiger partial charge on any atom is 0.240 e. The van der Waals surface area contributed by atoms with Gasteiger partial charge < -0.3 is 24.6 Å². The van der Waals surface area contributed by atoms with E-state index in [1.807, 2.05) is 49.1 Å². The number of methoxy groups -OCH3 is 1. The molecule has 2 unspecified atom stereocenters. The Morgan fingerprint density at radius 1 is 1.14 bits per heavy atom. The lowest BCUT2D eigenvalue weighted by atomic mass is 10.0. The lowest BCUT2D eigenvalue weighted by Crippen LogP contribution is -2.29. The summed E-state index contributed by atoms with van der Waals surface area (Å²) in [7, 11) is 3.42. The Labute approximate surface area is 204 Å². The second-order valence-corrected chi connectivity index (χ2v) is 9.12. The molecule has 1 aliphatic heterocycles. The van der Waals surface area contributed by atoms with Crippen LogP contribution in [0.4, 0.5) is 11.5 Å². The number of aliphatic hydroxyl groups excluding tert-OH is 1. The fraction of sp³-hybridized carbons (Fsp3) is 0.250. The van der Waals surface area contributed by atoms with E-state index in [2.05, 4.69) is 25.4 Å². The summed E-state index contributed by atoms with van der Waals surface area (Å²) in [5.41, 5.74) is 5.94. The molecule has 2 aromatic carbocycles. The lowest BCUT2D eigenvalue weighted by molar-refractivity contribution is 0.0743. The van der Waals surface area contributed by atoms with Crippen molar-refractivity contribution in [3.8, 4) is 22.8 Å². The van der Waals surface area contributed by atoms with Crippen LogP contribution in [-0.4, -0.2) is 62.4 Å². The Morgan fingerprint density at radius 3 is 2.89 bits per heavy atom. The highest BCUT2D eigenvalue weighted by Crippen LogP contribution is 2.39. The van der Waals surface area contributed by atoms with E-state index in [1.165, 1.54) is 6.33 Å². The van der Waals surface area contributed by atoms with Crippen LogP contribution in [0.3, 0.4) is 0 Å². The fourth-order valence-electron chi connectivity index (χ4n) is 4.18. The van der Waals surface area contributed by atoms with Gasteiger partial charge in [-0.15, -0.1) is 16.4 Å². The first-order valence-electron chi connectivity index (χ1n) is 11.0. The van der Waals surface area contributed by atoms with Crippen LogP contribution in [0.2, 0.25) is 0 Å². The van der Waals surface area contributed by atoms with Gasteiger partial charge in [0.05, 0.1) is 52.5 Å². The third kappa shape index (κ3) is 4.03. The molecule has 0 saturated carbocycles. The van der Waals surface area contributed by atoms with Gasteiger partial charge in [0, 0.05) is 18.9 Å². The number of thiazole rings is 1. The van der Waals surface area contributed by atoms with E-state index in [4.69, 9.17) is 14.2 Å². The van der Waals surface area contributed by atoms with Crippen LogP contribution < -0.4 is 14.8 Å². The zero-order valence-corrected chi connectivity index (χ0v) is 19.8. The molecule has 178 valence electrons. The molecule has 5 aromatic rings. The highest BCUT2D eigenvalue weighted by atomic mass is 32.1. The number of ether oxygens (including phenoxy) is 3. The van der Waals surface area contributed by atoms with Crippen LogP contribution in [0.15, 0.2) is 48.4 Å². The van der Waals surface area contributed by atoms with Gasteiger partial charge in [0.1, 0.15) is 30.1 Å². The van der Waals surface area contributed by atoms with Crippen molar-refractivity contribution in [3.05, 3.63) is 48.4 Å². The number of aryl methyl sites for hydroxylation is 1. The number of nitrogens with one attached hydrogen (secondary N) is 1. The largest absolute Gasteiger partial charge is 0.484 e. The van der Waals surface area contributed by atoms with Gasteiger partial charge in [-0.05, 0) is 35.9 Å². The molecule has 3 aromatic heterocycles. The lowest BCUT2D eigenvalue weighted by Gasteiger charge is -2.19. The molecule has 0 aliphatic carbocycles. The summed E-state index contributed by atoms with van der Waals surface area (Å²) in [5, 5.41) is 18.8. The van der Waals surface area contributed by atoms with E-state index in [0.717, 1.165) is 27.0 Å². The van der Waals surface area contributed by atoms with E-state index in [0.29, 0.717) is 35.0 Å². The van der Waals surface area contributed by atoms with Crippen LogP contribution in [0.5, 0.6) is 11.6 Å². The number of hydrogen-bond acceptors (Lipinski definition) is 10. The first-order chi connectivity index (χ1) is 17.1. The summed E-state index contributed by atoms with van der Waals surface area (Å²) in [6.45, 7) is 0.525. The van der Waals surface area contributed by atoms with Crippen LogP contribution in [0.1, 0.15) is 0 Å². The topological polar surface area (TPSA) is 116 Å². The normalized spacial score (nSPS) is 17.8. The summed E-state index contributed by atoms with van der Waals surface area (Å²) in [6, 6.07) is 9.80. The van der Waals surface area contributed by atoms with Crippen molar-refractivity contribution in [2.75, 3.05) is 25.6 Å². The van der Waals surface area contributed by atoms with Crippen LogP contribution in [0, 0.1) is 0 Å². The second-order valence-electron chi connectivity index (χ2n) is 8.24. The van der Waals surface area contributed by atoms with Gasteiger partial charge in [-0.3, -0.25) is 4.68 Å². The Hall–Kier alpha value is -3.80. The highest BCUT2D eigenvalue weighted by Gasteiger charge is 2.29. The van der Waals surface area contributed by atoms with Crippen molar-refractivity contribution in [2.45, 2.75) is 12.2 Å². The minimum absolute atomic E-state index is 0.231. The number of anilines is 2. The van der Waals surface area contributed by atoms with Gasteiger partial charge >= 0.3 is 0 Å². The summed E-state index contributed by atoms with van der Waals surface area (Å²) >= 11 is 1.58. The second kappa shape index (κ2) is 8.77. The highest BCUT2D eigenvalue weighted by molar-refractivity contribution is 7.16. The van der Waals surface area contributed by atoms with Crippen LogP contribution in [0.25, 0.3) is 32.2 Å². The van der Waals surface area contributed by atoms with E-state index in [-0.39, 0.29) is 6.61 Å². The maximum atomic E-state index is 10.3. The summed E-state index contributed by atoms with van der Waals surface area (Å²) in [5.74, 6) is 1.61.